The van der Waals surface area contributed by atoms with E-state index in [9.17, 15) is 0 Å². The minimum Gasteiger partial charge on any atom is -0.381 e. The summed E-state index contributed by atoms with van der Waals surface area (Å²) in [5.74, 6) is 0.833. The molecule has 0 amide bonds. The first-order valence-corrected chi connectivity index (χ1v) is 10.2. The topological polar surface area (TPSA) is 54.9 Å². The number of nitrogens with one attached hydrogen (secondary N) is 2. The first-order valence-electron chi connectivity index (χ1n) is 9.78. The van der Waals surface area contributed by atoms with Crippen LogP contribution in [0.2, 0.25) is 5.02 Å². The van der Waals surface area contributed by atoms with Gasteiger partial charge in [0.2, 0.25) is 0 Å². The molecule has 1 aliphatic heterocycles. The summed E-state index contributed by atoms with van der Waals surface area (Å²) in [6.45, 7) is 10.3. The van der Waals surface area contributed by atoms with Gasteiger partial charge in [0.1, 0.15) is 0 Å². The number of aliphatic imine (C=N–C) groups is 1. The fourth-order valence-electron chi connectivity index (χ4n) is 3.33. The zero-order valence-electron chi connectivity index (χ0n) is 17.1. The summed E-state index contributed by atoms with van der Waals surface area (Å²) in [6.07, 6.45) is 2.72. The SMILES string of the molecule is CCNC(=NCC(C)(C)Cc1cccc(Cl)c1)NCC1(OC)CCOCC1. The van der Waals surface area contributed by atoms with Crippen molar-refractivity contribution in [1.29, 1.82) is 0 Å². The van der Waals surface area contributed by atoms with Gasteiger partial charge in [-0.05, 0) is 36.5 Å². The van der Waals surface area contributed by atoms with Crippen LogP contribution in [0.25, 0.3) is 0 Å². The highest BCUT2D eigenvalue weighted by Gasteiger charge is 2.32. The maximum atomic E-state index is 6.12. The molecule has 1 aromatic carbocycles. The lowest BCUT2D eigenvalue weighted by Gasteiger charge is -2.36. The highest BCUT2D eigenvalue weighted by molar-refractivity contribution is 6.30. The Morgan fingerprint density at radius 2 is 2.04 bits per heavy atom. The Bertz CT molecular complexity index is 613. The van der Waals surface area contributed by atoms with E-state index >= 15 is 0 Å². The second kappa shape index (κ2) is 10.3. The quantitative estimate of drug-likeness (QED) is 0.521. The van der Waals surface area contributed by atoms with Gasteiger partial charge in [-0.25, -0.2) is 0 Å². The van der Waals surface area contributed by atoms with Gasteiger partial charge < -0.3 is 20.1 Å². The van der Waals surface area contributed by atoms with Crippen LogP contribution in [-0.2, 0) is 15.9 Å². The maximum Gasteiger partial charge on any atom is 0.191 e. The number of rotatable bonds is 8. The molecule has 1 aromatic rings. The van der Waals surface area contributed by atoms with E-state index in [2.05, 4.69) is 37.5 Å². The summed E-state index contributed by atoms with van der Waals surface area (Å²) >= 11 is 6.12. The molecule has 0 bridgehead atoms. The summed E-state index contributed by atoms with van der Waals surface area (Å²) in [4.78, 5) is 4.83. The Balaban J connectivity index is 1.96. The lowest BCUT2D eigenvalue weighted by Crippen LogP contribution is -2.51. The predicted molar refractivity (Wildman–Crippen MR) is 113 cm³/mol. The van der Waals surface area contributed by atoms with Crippen molar-refractivity contribution in [2.45, 2.75) is 45.6 Å². The molecular formula is C21H34ClN3O2. The Kier molecular flexibility index (Phi) is 8.39. The van der Waals surface area contributed by atoms with E-state index in [1.165, 1.54) is 5.56 Å². The van der Waals surface area contributed by atoms with E-state index in [4.69, 9.17) is 26.1 Å². The molecule has 0 aromatic heterocycles. The summed E-state index contributed by atoms with van der Waals surface area (Å²) in [6, 6.07) is 8.06. The molecule has 1 aliphatic rings. The molecule has 5 nitrogen and oxygen atoms in total. The molecule has 152 valence electrons. The smallest absolute Gasteiger partial charge is 0.191 e. The van der Waals surface area contributed by atoms with E-state index < -0.39 is 0 Å². The van der Waals surface area contributed by atoms with Gasteiger partial charge in [-0.1, -0.05) is 37.6 Å². The normalized spacial score (nSPS) is 17.6. The number of benzene rings is 1. The van der Waals surface area contributed by atoms with Crippen LogP contribution in [0.5, 0.6) is 0 Å². The lowest BCUT2D eigenvalue weighted by molar-refractivity contribution is -0.0855. The van der Waals surface area contributed by atoms with Crippen molar-refractivity contribution in [3.05, 3.63) is 34.9 Å². The summed E-state index contributed by atoms with van der Waals surface area (Å²) < 4.78 is 11.3. The van der Waals surface area contributed by atoms with Gasteiger partial charge in [-0.3, -0.25) is 4.99 Å². The molecule has 0 spiro atoms. The number of nitrogens with zero attached hydrogens (tertiary/aromatic N) is 1. The molecule has 1 heterocycles. The molecule has 1 fully saturated rings. The fraction of sp³-hybridized carbons (Fsp3) is 0.667. The first kappa shape index (κ1) is 22.0. The van der Waals surface area contributed by atoms with E-state index in [-0.39, 0.29) is 11.0 Å². The summed E-state index contributed by atoms with van der Waals surface area (Å²) in [5.41, 5.74) is 1.09. The van der Waals surface area contributed by atoms with Crippen LogP contribution in [0, 0.1) is 5.41 Å². The first-order chi connectivity index (χ1) is 12.9. The average molecular weight is 396 g/mol. The summed E-state index contributed by atoms with van der Waals surface area (Å²) in [7, 11) is 1.78. The Morgan fingerprint density at radius 3 is 2.67 bits per heavy atom. The van der Waals surface area contributed by atoms with Crippen molar-refractivity contribution in [2.75, 3.05) is 40.0 Å². The van der Waals surface area contributed by atoms with Gasteiger partial charge in [0, 0.05) is 57.8 Å². The molecule has 0 saturated carbocycles. The van der Waals surface area contributed by atoms with E-state index in [0.29, 0.717) is 0 Å². The van der Waals surface area contributed by atoms with Gasteiger partial charge >= 0.3 is 0 Å². The van der Waals surface area contributed by atoms with Crippen LogP contribution in [0.4, 0.5) is 0 Å². The number of halogens is 1. The number of methoxy groups -OCH3 is 1. The van der Waals surface area contributed by atoms with Crippen LogP contribution < -0.4 is 10.6 Å². The maximum absolute atomic E-state index is 6.12. The Labute approximate surface area is 168 Å². The average Bonchev–Trinajstić information content (AvgIpc) is 2.64. The Morgan fingerprint density at radius 1 is 1.30 bits per heavy atom. The Hall–Kier alpha value is -1.30. The van der Waals surface area contributed by atoms with E-state index in [0.717, 1.165) is 63.1 Å². The fourth-order valence-corrected chi connectivity index (χ4v) is 3.54. The highest BCUT2D eigenvalue weighted by atomic mass is 35.5. The monoisotopic (exact) mass is 395 g/mol. The molecule has 27 heavy (non-hydrogen) atoms. The molecule has 1 saturated heterocycles. The van der Waals surface area contributed by atoms with Crippen molar-refractivity contribution >= 4 is 17.6 Å². The van der Waals surface area contributed by atoms with Gasteiger partial charge in [-0.2, -0.15) is 0 Å². The second-order valence-electron chi connectivity index (χ2n) is 8.02. The number of hydrogen-bond donors (Lipinski definition) is 2. The van der Waals surface area contributed by atoms with E-state index in [1.54, 1.807) is 7.11 Å². The number of hydrogen-bond acceptors (Lipinski definition) is 3. The molecule has 6 heteroatoms. The van der Waals surface area contributed by atoms with Gasteiger partial charge in [0.05, 0.1) is 5.60 Å². The van der Waals surface area contributed by atoms with Crippen molar-refractivity contribution in [3.8, 4) is 0 Å². The van der Waals surface area contributed by atoms with Crippen molar-refractivity contribution < 1.29 is 9.47 Å². The highest BCUT2D eigenvalue weighted by Crippen LogP contribution is 2.25. The van der Waals surface area contributed by atoms with E-state index in [1.807, 2.05) is 18.2 Å². The zero-order chi connectivity index (χ0) is 19.8. The van der Waals surface area contributed by atoms with Gasteiger partial charge in [-0.15, -0.1) is 0 Å². The number of guanidine groups is 1. The third kappa shape index (κ3) is 7.32. The molecule has 0 radical (unpaired) electrons. The lowest BCUT2D eigenvalue weighted by atomic mass is 9.86. The van der Waals surface area contributed by atoms with Gasteiger partial charge in [0.25, 0.3) is 0 Å². The molecule has 0 unspecified atom stereocenters. The van der Waals surface area contributed by atoms with Crippen molar-refractivity contribution in [3.63, 3.8) is 0 Å². The van der Waals surface area contributed by atoms with Crippen LogP contribution in [-0.4, -0.2) is 51.5 Å². The van der Waals surface area contributed by atoms with Crippen molar-refractivity contribution in [1.82, 2.24) is 10.6 Å². The van der Waals surface area contributed by atoms with Crippen molar-refractivity contribution in [2.24, 2.45) is 10.4 Å². The molecule has 2 rings (SSSR count). The predicted octanol–water partition coefficient (Wildman–Crippen LogP) is 3.66. The van der Waals surface area contributed by atoms with Crippen LogP contribution in [0.1, 0.15) is 39.2 Å². The van der Waals surface area contributed by atoms with Gasteiger partial charge in [0.15, 0.2) is 5.96 Å². The third-order valence-corrected chi connectivity index (χ3v) is 5.23. The second-order valence-corrected chi connectivity index (χ2v) is 8.46. The molecule has 0 aliphatic carbocycles. The largest absolute Gasteiger partial charge is 0.381 e. The molecule has 2 N–H and O–H groups in total. The van der Waals surface area contributed by atoms with Crippen LogP contribution in [0.15, 0.2) is 29.3 Å². The number of ether oxygens (including phenoxy) is 2. The summed E-state index contributed by atoms with van der Waals surface area (Å²) in [5, 5.41) is 7.59. The van der Waals surface area contributed by atoms with Crippen LogP contribution in [0.3, 0.4) is 0 Å². The third-order valence-electron chi connectivity index (χ3n) is 5.00. The zero-order valence-corrected chi connectivity index (χ0v) is 17.9. The minimum atomic E-state index is -0.176. The standard InChI is InChI=1S/C21H34ClN3O2/c1-5-23-19(25-16-21(26-4)9-11-27-12-10-21)24-15-20(2,3)14-17-7-6-8-18(22)13-17/h6-8,13H,5,9-12,14-16H2,1-4H3,(H2,23,24,25). The van der Waals surface area contributed by atoms with Crippen LogP contribution >= 0.6 is 11.6 Å². The minimum absolute atomic E-state index is 0.0324. The molecular weight excluding hydrogens is 362 g/mol. The molecule has 0 atom stereocenters.